The first-order valence-electron chi connectivity index (χ1n) is 10.2. The van der Waals surface area contributed by atoms with Crippen molar-refractivity contribution in [1.82, 2.24) is 15.6 Å². The van der Waals surface area contributed by atoms with Crippen molar-refractivity contribution in [2.45, 2.75) is 19.4 Å². The van der Waals surface area contributed by atoms with Crippen LogP contribution in [-0.4, -0.2) is 49.9 Å². The van der Waals surface area contributed by atoms with Gasteiger partial charge in [0.2, 0.25) is 0 Å². The first-order valence-corrected chi connectivity index (χ1v) is 10.2. The zero-order valence-electron chi connectivity index (χ0n) is 18.4. The first kappa shape index (κ1) is 25.7. The number of methoxy groups -OCH3 is 2. The monoisotopic (exact) mass is 556 g/mol. The van der Waals surface area contributed by atoms with Gasteiger partial charge in [0.25, 0.3) is 0 Å². The fourth-order valence-corrected chi connectivity index (χ4v) is 3.40. The molecular weight excluding hydrogens is 526 g/mol. The molecule has 3 rings (SSSR count). The third kappa shape index (κ3) is 6.49. The molecule has 0 spiro atoms. The Morgan fingerprint density at radius 1 is 1.16 bits per heavy atom. The van der Waals surface area contributed by atoms with Gasteiger partial charge in [0.05, 0.1) is 20.8 Å². The number of benzene rings is 2. The van der Waals surface area contributed by atoms with E-state index in [0.717, 1.165) is 22.9 Å². The summed E-state index contributed by atoms with van der Waals surface area (Å²) in [6.45, 7) is 3.46. The molecule has 1 unspecified atom stereocenters. The minimum Gasteiger partial charge on any atom is -0.497 e. The van der Waals surface area contributed by atoms with Gasteiger partial charge in [-0.2, -0.15) is 0 Å². The van der Waals surface area contributed by atoms with Crippen molar-refractivity contribution in [3.05, 3.63) is 59.5 Å². The minimum absolute atomic E-state index is 0. The van der Waals surface area contributed by atoms with E-state index < -0.39 is 6.10 Å². The van der Waals surface area contributed by atoms with Crippen molar-refractivity contribution < 1.29 is 19.0 Å². The molecule has 1 atom stereocenters. The number of ether oxygens (including phenoxy) is 2. The quantitative estimate of drug-likeness (QED) is 0.183. The second-order valence-corrected chi connectivity index (χ2v) is 7.02. The van der Waals surface area contributed by atoms with E-state index in [-0.39, 0.29) is 36.3 Å². The van der Waals surface area contributed by atoms with E-state index >= 15 is 0 Å². The topological polar surface area (TPSA) is 90.9 Å². The smallest absolute Gasteiger partial charge is 0.191 e. The van der Waals surface area contributed by atoms with Crippen LogP contribution >= 0.6 is 24.0 Å². The van der Waals surface area contributed by atoms with Crippen LogP contribution in [-0.2, 0) is 6.42 Å². The predicted molar refractivity (Wildman–Crippen MR) is 136 cm³/mol. The summed E-state index contributed by atoms with van der Waals surface area (Å²) in [6, 6.07) is 10.0. The first-order chi connectivity index (χ1) is 15.0. The number of nitrogens with one attached hydrogen (secondary N) is 3. The van der Waals surface area contributed by atoms with Crippen molar-refractivity contribution in [2.75, 3.05) is 33.9 Å². The molecule has 1 heterocycles. The summed E-state index contributed by atoms with van der Waals surface area (Å²) in [6.07, 6.45) is 1.79. The number of aliphatic hydroxyl groups is 1. The number of guanidine groups is 1. The Morgan fingerprint density at radius 3 is 2.69 bits per heavy atom. The van der Waals surface area contributed by atoms with Gasteiger partial charge in [0.15, 0.2) is 5.96 Å². The van der Waals surface area contributed by atoms with Crippen molar-refractivity contribution in [3.63, 3.8) is 0 Å². The maximum absolute atomic E-state index is 13.4. The second-order valence-electron chi connectivity index (χ2n) is 7.02. The van der Waals surface area contributed by atoms with Crippen molar-refractivity contribution in [3.8, 4) is 11.5 Å². The normalized spacial score (nSPS) is 12.2. The Balaban J connectivity index is 0.00000363. The Morgan fingerprint density at radius 2 is 1.97 bits per heavy atom. The van der Waals surface area contributed by atoms with E-state index in [1.165, 1.54) is 12.1 Å². The maximum Gasteiger partial charge on any atom is 0.191 e. The van der Waals surface area contributed by atoms with Crippen LogP contribution in [0.3, 0.4) is 0 Å². The third-order valence-electron chi connectivity index (χ3n) is 4.98. The Hall–Kier alpha value is -2.53. The number of halogens is 2. The molecule has 0 aliphatic rings. The van der Waals surface area contributed by atoms with E-state index in [1.54, 1.807) is 38.5 Å². The lowest BCUT2D eigenvalue weighted by molar-refractivity contribution is 0.182. The molecule has 3 aromatic rings. The Bertz CT molecular complexity index is 1040. The van der Waals surface area contributed by atoms with Gasteiger partial charge in [-0.3, -0.25) is 4.99 Å². The van der Waals surface area contributed by atoms with Gasteiger partial charge in [-0.15, -0.1) is 24.0 Å². The van der Waals surface area contributed by atoms with Gasteiger partial charge < -0.3 is 30.2 Å². The lowest BCUT2D eigenvalue weighted by Gasteiger charge is -2.16. The molecule has 0 aliphatic heterocycles. The number of aromatic amines is 1. The maximum atomic E-state index is 13.4. The molecule has 2 aromatic carbocycles. The summed E-state index contributed by atoms with van der Waals surface area (Å²) in [4.78, 5) is 7.61. The summed E-state index contributed by atoms with van der Waals surface area (Å²) in [5.41, 5.74) is 2.50. The number of aromatic nitrogens is 1. The zero-order valence-corrected chi connectivity index (χ0v) is 20.8. The van der Waals surface area contributed by atoms with Crippen LogP contribution in [0, 0.1) is 5.82 Å². The van der Waals surface area contributed by atoms with Gasteiger partial charge in [-0.1, -0.05) is 0 Å². The molecule has 4 N–H and O–H groups in total. The fraction of sp³-hybridized carbons (Fsp3) is 0.348. The molecule has 174 valence electrons. The van der Waals surface area contributed by atoms with E-state index in [0.29, 0.717) is 36.1 Å². The summed E-state index contributed by atoms with van der Waals surface area (Å²) < 4.78 is 24.0. The molecule has 9 heteroatoms. The van der Waals surface area contributed by atoms with Crippen LogP contribution < -0.4 is 20.1 Å². The van der Waals surface area contributed by atoms with E-state index in [4.69, 9.17) is 9.47 Å². The highest BCUT2D eigenvalue weighted by atomic mass is 127. The van der Waals surface area contributed by atoms with E-state index in [9.17, 15) is 9.50 Å². The van der Waals surface area contributed by atoms with Gasteiger partial charge in [-0.05, 0) is 55.3 Å². The van der Waals surface area contributed by atoms with Crippen molar-refractivity contribution in [2.24, 2.45) is 4.99 Å². The SMILES string of the molecule is CCNC(=NCC(O)c1cc(OC)ccc1OC)NCCc1c[nH]c2cc(F)ccc12.I. The minimum atomic E-state index is -0.844. The number of nitrogens with zero attached hydrogens (tertiary/aromatic N) is 1. The summed E-state index contributed by atoms with van der Waals surface area (Å²) in [5.74, 6) is 1.57. The van der Waals surface area contributed by atoms with Crippen LogP contribution in [0.15, 0.2) is 47.6 Å². The van der Waals surface area contributed by atoms with Crippen LogP contribution in [0.1, 0.15) is 24.2 Å². The van der Waals surface area contributed by atoms with Crippen LogP contribution in [0.25, 0.3) is 10.9 Å². The highest BCUT2D eigenvalue weighted by Gasteiger charge is 2.15. The number of H-pyrrole nitrogens is 1. The molecule has 0 fully saturated rings. The van der Waals surface area contributed by atoms with Crippen molar-refractivity contribution in [1.29, 1.82) is 0 Å². The highest BCUT2D eigenvalue weighted by molar-refractivity contribution is 14.0. The van der Waals surface area contributed by atoms with E-state index in [2.05, 4.69) is 20.6 Å². The molecule has 0 amide bonds. The predicted octanol–water partition coefficient (Wildman–Crippen LogP) is 3.77. The lowest BCUT2D eigenvalue weighted by Crippen LogP contribution is -2.38. The standard InChI is InChI=1S/C23H29FN4O3.HI/c1-4-25-23(26-10-9-15-13-27-20-11-16(24)5-7-18(15)20)28-14-21(29)19-12-17(30-2)6-8-22(19)31-3;/h5-8,11-13,21,27,29H,4,9-10,14H2,1-3H3,(H2,25,26,28);1H. The summed E-state index contributed by atoms with van der Waals surface area (Å²) in [7, 11) is 3.14. The van der Waals surface area contributed by atoms with Gasteiger partial charge >= 0.3 is 0 Å². The second kappa shape index (κ2) is 12.5. The average Bonchev–Trinajstić information content (AvgIpc) is 3.18. The number of hydrogen-bond acceptors (Lipinski definition) is 4. The molecule has 0 radical (unpaired) electrons. The van der Waals surface area contributed by atoms with Gasteiger partial charge in [0.1, 0.15) is 23.4 Å². The number of hydrogen-bond donors (Lipinski definition) is 4. The molecular formula is C23H30FIN4O3. The molecule has 0 saturated carbocycles. The van der Waals surface area contributed by atoms with Gasteiger partial charge in [0, 0.05) is 35.8 Å². The lowest BCUT2D eigenvalue weighted by atomic mass is 10.1. The largest absolute Gasteiger partial charge is 0.497 e. The molecule has 7 nitrogen and oxygen atoms in total. The fourth-order valence-electron chi connectivity index (χ4n) is 3.40. The summed E-state index contributed by atoms with van der Waals surface area (Å²) in [5, 5.41) is 18.1. The number of fused-ring (bicyclic) bond motifs is 1. The molecule has 32 heavy (non-hydrogen) atoms. The molecule has 0 bridgehead atoms. The Labute approximate surface area is 204 Å². The molecule has 0 saturated heterocycles. The van der Waals surface area contributed by atoms with Crippen LogP contribution in [0.2, 0.25) is 0 Å². The van der Waals surface area contributed by atoms with Crippen molar-refractivity contribution >= 4 is 40.8 Å². The van der Waals surface area contributed by atoms with Crippen LogP contribution in [0.5, 0.6) is 11.5 Å². The molecule has 1 aromatic heterocycles. The number of rotatable bonds is 9. The Kier molecular flexibility index (Phi) is 10.0. The van der Waals surface area contributed by atoms with E-state index in [1.807, 2.05) is 13.1 Å². The summed E-state index contributed by atoms with van der Waals surface area (Å²) >= 11 is 0. The number of aliphatic hydroxyl groups excluding tert-OH is 1. The third-order valence-corrected chi connectivity index (χ3v) is 4.98. The van der Waals surface area contributed by atoms with Gasteiger partial charge in [-0.25, -0.2) is 4.39 Å². The average molecular weight is 556 g/mol. The zero-order chi connectivity index (χ0) is 22.2. The highest BCUT2D eigenvalue weighted by Crippen LogP contribution is 2.29. The van der Waals surface area contributed by atoms with Crippen LogP contribution in [0.4, 0.5) is 4.39 Å². The number of aliphatic imine (C=N–C) groups is 1. The molecule has 0 aliphatic carbocycles.